The number of carbonyl (C=O) groups is 1. The van der Waals surface area contributed by atoms with Crippen LogP contribution < -0.4 is 19.5 Å². The van der Waals surface area contributed by atoms with Gasteiger partial charge in [0.05, 0.1) is 26.4 Å². The van der Waals surface area contributed by atoms with Crippen LogP contribution in [0.4, 0.5) is 0 Å². The number of aromatic nitrogens is 3. The number of benzene rings is 2. The molecule has 32 heavy (non-hydrogen) atoms. The van der Waals surface area contributed by atoms with Crippen LogP contribution in [0, 0.1) is 11.7 Å². The van der Waals surface area contributed by atoms with E-state index in [0.717, 1.165) is 11.3 Å². The maximum atomic E-state index is 13.0. The van der Waals surface area contributed by atoms with E-state index in [1.54, 1.807) is 16.7 Å². The van der Waals surface area contributed by atoms with Crippen LogP contribution in [-0.4, -0.2) is 40.5 Å². The first-order valence-corrected chi connectivity index (χ1v) is 11.0. The number of aryl methyl sites for hydroxylation is 1. The van der Waals surface area contributed by atoms with Crippen LogP contribution in [-0.2, 0) is 6.54 Å². The highest BCUT2D eigenvalue weighted by Crippen LogP contribution is 2.39. The molecule has 0 unspecified atom stereocenters. The van der Waals surface area contributed by atoms with Gasteiger partial charge in [0, 0.05) is 11.3 Å². The molecule has 2 aromatic carbocycles. The highest BCUT2D eigenvalue weighted by Gasteiger charge is 2.19. The Bertz CT molecular complexity index is 1110. The lowest BCUT2D eigenvalue weighted by Crippen LogP contribution is -2.25. The first kappa shape index (κ1) is 23.3. The number of carbonyl (C=O) groups excluding carboxylic acids is 1. The van der Waals surface area contributed by atoms with E-state index in [0.29, 0.717) is 53.2 Å². The molecular weight excluding hydrogens is 428 g/mol. The highest BCUT2D eigenvalue weighted by molar-refractivity contribution is 7.71. The second kappa shape index (κ2) is 10.8. The van der Waals surface area contributed by atoms with Crippen molar-refractivity contribution in [3.8, 4) is 22.9 Å². The van der Waals surface area contributed by atoms with Crippen molar-refractivity contribution < 1.29 is 19.0 Å². The largest absolute Gasteiger partial charge is 0.490 e. The molecule has 0 saturated carbocycles. The van der Waals surface area contributed by atoms with Crippen LogP contribution in [0.15, 0.2) is 36.4 Å². The van der Waals surface area contributed by atoms with Crippen molar-refractivity contribution >= 4 is 18.1 Å². The van der Waals surface area contributed by atoms with Crippen molar-refractivity contribution in [2.24, 2.45) is 0 Å². The number of aromatic amines is 1. The molecule has 0 fully saturated rings. The molecule has 170 valence electrons. The molecule has 1 amide bonds. The molecule has 0 aliphatic rings. The van der Waals surface area contributed by atoms with Gasteiger partial charge in [-0.1, -0.05) is 12.1 Å². The molecule has 8 nitrogen and oxygen atoms in total. The normalized spacial score (nSPS) is 10.6. The molecule has 0 bridgehead atoms. The summed E-state index contributed by atoms with van der Waals surface area (Å²) in [6, 6.07) is 11.2. The fourth-order valence-electron chi connectivity index (χ4n) is 3.26. The first-order chi connectivity index (χ1) is 15.5. The van der Waals surface area contributed by atoms with Crippen molar-refractivity contribution in [1.82, 2.24) is 20.1 Å². The quantitative estimate of drug-likeness (QED) is 0.441. The third kappa shape index (κ3) is 5.28. The van der Waals surface area contributed by atoms with Crippen molar-refractivity contribution in [1.29, 1.82) is 0 Å². The van der Waals surface area contributed by atoms with E-state index in [2.05, 4.69) is 15.5 Å². The van der Waals surface area contributed by atoms with Gasteiger partial charge in [-0.15, -0.1) is 0 Å². The minimum absolute atomic E-state index is 0.182. The third-order valence-corrected chi connectivity index (χ3v) is 4.85. The molecule has 0 spiro atoms. The van der Waals surface area contributed by atoms with Crippen molar-refractivity contribution in [3.63, 3.8) is 0 Å². The van der Waals surface area contributed by atoms with Crippen LogP contribution in [0.1, 0.15) is 42.5 Å². The summed E-state index contributed by atoms with van der Waals surface area (Å²) in [7, 11) is 0. The average molecular weight is 457 g/mol. The van der Waals surface area contributed by atoms with Crippen molar-refractivity contribution in [2.45, 2.75) is 34.2 Å². The number of ether oxygens (including phenoxy) is 3. The number of nitrogens with zero attached hydrogens (tertiary/aromatic N) is 2. The molecule has 1 heterocycles. The average Bonchev–Trinajstić information content (AvgIpc) is 3.14. The minimum Gasteiger partial charge on any atom is -0.490 e. The van der Waals surface area contributed by atoms with E-state index in [-0.39, 0.29) is 12.5 Å². The Morgan fingerprint density at radius 1 is 1.06 bits per heavy atom. The summed E-state index contributed by atoms with van der Waals surface area (Å²) in [5.74, 6) is 1.73. The molecule has 1 aromatic heterocycles. The molecule has 0 saturated heterocycles. The fraction of sp³-hybridized carbons (Fsp3) is 0.348. The van der Waals surface area contributed by atoms with E-state index in [4.69, 9.17) is 26.4 Å². The summed E-state index contributed by atoms with van der Waals surface area (Å²) in [5, 5.41) is 9.98. The van der Waals surface area contributed by atoms with Crippen molar-refractivity contribution in [2.75, 3.05) is 19.8 Å². The van der Waals surface area contributed by atoms with Gasteiger partial charge in [0.25, 0.3) is 5.91 Å². The van der Waals surface area contributed by atoms with Gasteiger partial charge >= 0.3 is 0 Å². The Labute approximate surface area is 192 Å². The number of H-pyrrole nitrogens is 1. The van der Waals surface area contributed by atoms with Gasteiger partial charge in [-0.2, -0.15) is 5.10 Å². The predicted octanol–water partition coefficient (Wildman–Crippen LogP) is 4.36. The van der Waals surface area contributed by atoms with Gasteiger partial charge in [-0.3, -0.25) is 14.5 Å². The second-order valence-corrected chi connectivity index (χ2v) is 7.29. The Balaban J connectivity index is 1.86. The van der Waals surface area contributed by atoms with Gasteiger partial charge in [-0.25, -0.2) is 0 Å². The van der Waals surface area contributed by atoms with E-state index >= 15 is 0 Å². The molecule has 3 rings (SSSR count). The fourth-order valence-corrected chi connectivity index (χ4v) is 3.52. The Morgan fingerprint density at radius 2 is 1.72 bits per heavy atom. The van der Waals surface area contributed by atoms with Crippen molar-refractivity contribution in [3.05, 3.63) is 58.1 Å². The van der Waals surface area contributed by atoms with Crippen LogP contribution in [0.3, 0.4) is 0 Å². The summed E-state index contributed by atoms with van der Waals surface area (Å²) in [5.41, 5.74) is 2.38. The van der Waals surface area contributed by atoms with Gasteiger partial charge in [-0.05, 0) is 69.7 Å². The van der Waals surface area contributed by atoms with E-state index in [1.807, 2.05) is 52.0 Å². The van der Waals surface area contributed by atoms with Crippen LogP contribution in [0.5, 0.6) is 17.2 Å². The van der Waals surface area contributed by atoms with Gasteiger partial charge < -0.3 is 19.5 Å². The van der Waals surface area contributed by atoms with Gasteiger partial charge in [0.15, 0.2) is 22.1 Å². The summed E-state index contributed by atoms with van der Waals surface area (Å²) < 4.78 is 19.4. The number of hydrogen-bond donors (Lipinski definition) is 2. The second-order valence-electron chi connectivity index (χ2n) is 6.90. The molecule has 2 N–H and O–H groups in total. The molecule has 9 heteroatoms. The maximum Gasteiger partial charge on any atom is 0.251 e. The highest BCUT2D eigenvalue weighted by atomic mass is 32.1. The summed E-state index contributed by atoms with van der Waals surface area (Å²) in [6.45, 7) is 9.13. The maximum absolute atomic E-state index is 13.0. The summed E-state index contributed by atoms with van der Waals surface area (Å²) in [6.07, 6.45) is 0. The molecule has 0 aliphatic carbocycles. The van der Waals surface area contributed by atoms with Crippen LogP contribution in [0.25, 0.3) is 5.69 Å². The number of nitrogens with one attached hydrogen (secondary N) is 2. The Kier molecular flexibility index (Phi) is 7.88. The molecular formula is C23H28N4O4S. The molecule has 0 radical (unpaired) electrons. The van der Waals surface area contributed by atoms with Crippen LogP contribution >= 0.6 is 12.2 Å². The van der Waals surface area contributed by atoms with E-state index in [9.17, 15) is 4.79 Å². The predicted molar refractivity (Wildman–Crippen MR) is 125 cm³/mol. The Hall–Kier alpha value is -3.33. The Morgan fingerprint density at radius 3 is 2.31 bits per heavy atom. The first-order valence-electron chi connectivity index (χ1n) is 10.6. The number of rotatable bonds is 10. The SMILES string of the molecule is CCOc1cc(C(=O)NCc2n[nH]c(=S)n2-c2cccc(C)c2)cc(OCC)c1OCC. The van der Waals surface area contributed by atoms with E-state index < -0.39 is 0 Å². The lowest BCUT2D eigenvalue weighted by molar-refractivity contribution is 0.0948. The zero-order chi connectivity index (χ0) is 23.1. The lowest BCUT2D eigenvalue weighted by atomic mass is 10.1. The smallest absolute Gasteiger partial charge is 0.251 e. The lowest BCUT2D eigenvalue weighted by Gasteiger charge is -2.17. The monoisotopic (exact) mass is 456 g/mol. The summed E-state index contributed by atoms with van der Waals surface area (Å²) >= 11 is 5.39. The van der Waals surface area contributed by atoms with Gasteiger partial charge in [0.1, 0.15) is 0 Å². The topological polar surface area (TPSA) is 90.4 Å². The number of amides is 1. The zero-order valence-corrected chi connectivity index (χ0v) is 19.5. The van der Waals surface area contributed by atoms with Gasteiger partial charge in [0.2, 0.25) is 5.75 Å². The van der Waals surface area contributed by atoms with Crippen LogP contribution in [0.2, 0.25) is 0 Å². The molecule has 0 aliphatic heterocycles. The standard InChI is InChI=1S/C23H28N4O4S/c1-5-29-18-12-16(13-19(30-6-2)21(18)31-7-3)22(28)24-14-20-25-26-23(32)27(20)17-10-8-9-15(4)11-17/h8-13H,5-7,14H2,1-4H3,(H,24,28)(H,26,32). The minimum atomic E-state index is -0.292. The third-order valence-electron chi connectivity index (χ3n) is 4.58. The number of hydrogen-bond acceptors (Lipinski definition) is 6. The zero-order valence-electron chi connectivity index (χ0n) is 18.7. The molecule has 0 atom stereocenters. The molecule has 3 aromatic rings. The summed E-state index contributed by atoms with van der Waals surface area (Å²) in [4.78, 5) is 13.0. The van der Waals surface area contributed by atoms with E-state index in [1.165, 1.54) is 0 Å².